The van der Waals surface area contributed by atoms with Gasteiger partial charge in [-0.25, -0.2) is 8.42 Å². The molecule has 1 heterocycles. The molecule has 0 aliphatic carbocycles. The van der Waals surface area contributed by atoms with Crippen molar-refractivity contribution in [1.82, 2.24) is 0 Å². The fraction of sp³-hybridized carbons (Fsp3) is 0.235. The molecule has 4 nitrogen and oxygen atoms in total. The van der Waals surface area contributed by atoms with Crippen LogP contribution in [-0.2, 0) is 16.4 Å². The number of fused-ring (bicyclic) bond motifs is 1. The Morgan fingerprint density at radius 2 is 1.86 bits per heavy atom. The number of anilines is 1. The zero-order valence-electron chi connectivity index (χ0n) is 12.2. The van der Waals surface area contributed by atoms with Gasteiger partial charge in [0.15, 0.2) is 0 Å². The lowest BCUT2D eigenvalue weighted by Gasteiger charge is -2.25. The fourth-order valence-electron chi connectivity index (χ4n) is 2.84. The molecule has 1 atom stereocenters. The molecule has 0 fully saturated rings. The number of para-hydroxylation sites is 1. The van der Waals surface area contributed by atoms with Gasteiger partial charge in [-0.15, -0.1) is 0 Å². The average molecular weight is 312 g/mol. The molecule has 0 aromatic heterocycles. The summed E-state index contributed by atoms with van der Waals surface area (Å²) in [5.41, 5.74) is 2.66. The van der Waals surface area contributed by atoms with Crippen molar-refractivity contribution in [3.8, 4) is 6.07 Å². The predicted molar refractivity (Wildman–Crippen MR) is 85.0 cm³/mol. The molecule has 0 saturated heterocycles. The topological polar surface area (TPSA) is 61.2 Å². The first-order valence-corrected chi connectivity index (χ1v) is 8.54. The summed E-state index contributed by atoms with van der Waals surface area (Å²) in [5, 5.41) is 9.02. The van der Waals surface area contributed by atoms with Crippen LogP contribution in [0.5, 0.6) is 0 Å². The van der Waals surface area contributed by atoms with Crippen LogP contribution in [0.2, 0.25) is 0 Å². The molecule has 1 unspecified atom stereocenters. The quantitative estimate of drug-likeness (QED) is 0.875. The third kappa shape index (κ3) is 2.36. The molecule has 2 aromatic rings. The Morgan fingerprint density at radius 3 is 2.55 bits per heavy atom. The minimum Gasteiger partial charge on any atom is -0.262 e. The summed E-state index contributed by atoms with van der Waals surface area (Å²) in [6.07, 6.45) is 0.759. The third-order valence-electron chi connectivity index (χ3n) is 3.92. The molecule has 112 valence electrons. The zero-order chi connectivity index (χ0) is 15.7. The Balaban J connectivity index is 2.11. The lowest BCUT2D eigenvalue weighted by atomic mass is 10.1. The number of hydrogen-bond donors (Lipinski definition) is 0. The maximum absolute atomic E-state index is 13.0. The molecule has 3 rings (SSSR count). The molecule has 0 N–H and O–H groups in total. The second-order valence-corrected chi connectivity index (χ2v) is 7.28. The van der Waals surface area contributed by atoms with Gasteiger partial charge < -0.3 is 0 Å². The van der Waals surface area contributed by atoms with Crippen LogP contribution < -0.4 is 4.31 Å². The summed E-state index contributed by atoms with van der Waals surface area (Å²) >= 11 is 0. The highest BCUT2D eigenvalue weighted by atomic mass is 32.2. The molecule has 0 spiro atoms. The maximum Gasteiger partial charge on any atom is 0.264 e. The summed E-state index contributed by atoms with van der Waals surface area (Å²) in [6, 6.07) is 16.0. The van der Waals surface area contributed by atoms with Crippen LogP contribution in [0.15, 0.2) is 53.4 Å². The van der Waals surface area contributed by atoms with Crippen molar-refractivity contribution in [3.05, 3.63) is 59.7 Å². The van der Waals surface area contributed by atoms with E-state index in [1.165, 1.54) is 4.31 Å². The van der Waals surface area contributed by atoms with E-state index in [1.807, 2.05) is 25.1 Å². The molecule has 22 heavy (non-hydrogen) atoms. The Labute approximate surface area is 130 Å². The van der Waals surface area contributed by atoms with E-state index in [0.29, 0.717) is 12.1 Å². The van der Waals surface area contributed by atoms with Crippen LogP contribution in [-0.4, -0.2) is 14.5 Å². The highest BCUT2D eigenvalue weighted by Gasteiger charge is 2.37. The van der Waals surface area contributed by atoms with E-state index in [4.69, 9.17) is 5.26 Å². The lowest BCUT2D eigenvalue weighted by Crippen LogP contribution is -2.37. The minimum atomic E-state index is -3.66. The van der Waals surface area contributed by atoms with Gasteiger partial charge in [0.2, 0.25) is 0 Å². The second kappa shape index (κ2) is 5.47. The highest BCUT2D eigenvalue weighted by molar-refractivity contribution is 7.92. The van der Waals surface area contributed by atoms with Crippen molar-refractivity contribution in [2.24, 2.45) is 0 Å². The summed E-state index contributed by atoms with van der Waals surface area (Å²) in [4.78, 5) is 0.262. The third-order valence-corrected chi connectivity index (χ3v) is 5.80. The minimum absolute atomic E-state index is 0.180. The highest BCUT2D eigenvalue weighted by Crippen LogP contribution is 2.37. The number of nitrogens with zero attached hydrogens (tertiary/aromatic N) is 2. The standard InChI is InChI=1S/C17H16N2O2S/c1-13-6-8-16(9-7-13)22(20,21)19-15(10-11-18)12-14-4-2-3-5-17(14)19/h2-9,15H,10,12H2,1H3. The second-order valence-electron chi connectivity index (χ2n) is 5.46. The Hall–Kier alpha value is -2.32. The van der Waals surface area contributed by atoms with Gasteiger partial charge >= 0.3 is 0 Å². The van der Waals surface area contributed by atoms with Gasteiger partial charge in [-0.1, -0.05) is 35.9 Å². The molecule has 0 radical (unpaired) electrons. The van der Waals surface area contributed by atoms with E-state index < -0.39 is 10.0 Å². The first kappa shape index (κ1) is 14.6. The van der Waals surface area contributed by atoms with Crippen LogP contribution in [0.3, 0.4) is 0 Å². The van der Waals surface area contributed by atoms with Gasteiger partial charge in [0.25, 0.3) is 10.0 Å². The Kier molecular flexibility index (Phi) is 3.63. The SMILES string of the molecule is Cc1ccc(S(=O)(=O)N2c3ccccc3CC2CC#N)cc1. The number of benzene rings is 2. The number of rotatable bonds is 3. The summed E-state index contributed by atoms with van der Waals surface area (Å²) in [6.45, 7) is 1.92. The molecular formula is C17H16N2O2S. The number of sulfonamides is 1. The Bertz CT molecular complexity index is 836. The molecular weight excluding hydrogens is 296 g/mol. The van der Waals surface area contributed by atoms with Crippen molar-refractivity contribution in [2.75, 3.05) is 4.31 Å². The fourth-order valence-corrected chi connectivity index (χ4v) is 4.53. The van der Waals surface area contributed by atoms with E-state index in [0.717, 1.165) is 11.1 Å². The molecule has 5 heteroatoms. The van der Waals surface area contributed by atoms with Crippen molar-refractivity contribution >= 4 is 15.7 Å². The van der Waals surface area contributed by atoms with Gasteiger partial charge in [0.05, 0.1) is 29.1 Å². The van der Waals surface area contributed by atoms with Crippen molar-refractivity contribution in [3.63, 3.8) is 0 Å². The van der Waals surface area contributed by atoms with Gasteiger partial charge in [0, 0.05) is 0 Å². The van der Waals surface area contributed by atoms with Crippen LogP contribution in [0.25, 0.3) is 0 Å². The van der Waals surface area contributed by atoms with Crippen molar-refractivity contribution in [2.45, 2.75) is 30.7 Å². The number of nitriles is 1. The van der Waals surface area contributed by atoms with Crippen LogP contribution in [0, 0.1) is 18.3 Å². The van der Waals surface area contributed by atoms with Crippen molar-refractivity contribution in [1.29, 1.82) is 5.26 Å². The lowest BCUT2D eigenvalue weighted by molar-refractivity contribution is 0.580. The van der Waals surface area contributed by atoms with Crippen LogP contribution in [0.4, 0.5) is 5.69 Å². The van der Waals surface area contributed by atoms with Gasteiger partial charge in [-0.2, -0.15) is 5.26 Å². The van der Waals surface area contributed by atoms with Crippen LogP contribution >= 0.6 is 0 Å². The van der Waals surface area contributed by atoms with Gasteiger partial charge in [0.1, 0.15) is 0 Å². The maximum atomic E-state index is 13.0. The van der Waals surface area contributed by atoms with E-state index in [2.05, 4.69) is 6.07 Å². The Morgan fingerprint density at radius 1 is 1.18 bits per heavy atom. The largest absolute Gasteiger partial charge is 0.264 e. The number of hydrogen-bond acceptors (Lipinski definition) is 3. The molecule has 2 aromatic carbocycles. The molecule has 1 aliphatic heterocycles. The first-order chi connectivity index (χ1) is 10.5. The van der Waals surface area contributed by atoms with E-state index in [1.54, 1.807) is 30.3 Å². The first-order valence-electron chi connectivity index (χ1n) is 7.10. The smallest absolute Gasteiger partial charge is 0.262 e. The van der Waals surface area contributed by atoms with Crippen LogP contribution in [0.1, 0.15) is 17.5 Å². The molecule has 0 amide bonds. The normalized spacial score (nSPS) is 17.1. The van der Waals surface area contributed by atoms with Crippen molar-refractivity contribution < 1.29 is 8.42 Å². The number of aryl methyl sites for hydroxylation is 1. The summed E-state index contributed by atoms with van der Waals surface area (Å²) in [7, 11) is -3.66. The predicted octanol–water partition coefficient (Wildman–Crippen LogP) is 3.03. The van der Waals surface area contributed by atoms with E-state index in [9.17, 15) is 8.42 Å². The summed E-state index contributed by atoms with van der Waals surface area (Å²) in [5.74, 6) is 0. The van der Waals surface area contributed by atoms with E-state index in [-0.39, 0.29) is 17.4 Å². The molecule has 1 aliphatic rings. The zero-order valence-corrected chi connectivity index (χ0v) is 13.0. The molecule has 0 saturated carbocycles. The summed E-state index contributed by atoms with van der Waals surface area (Å²) < 4.78 is 27.4. The molecule has 0 bridgehead atoms. The van der Waals surface area contributed by atoms with Gasteiger partial charge in [-0.3, -0.25) is 4.31 Å². The van der Waals surface area contributed by atoms with Gasteiger partial charge in [-0.05, 0) is 37.1 Å². The average Bonchev–Trinajstić information content (AvgIpc) is 2.86. The monoisotopic (exact) mass is 312 g/mol. The van der Waals surface area contributed by atoms with E-state index >= 15 is 0 Å².